The molecule has 0 aliphatic heterocycles. The molecule has 0 fully saturated rings. The molecule has 0 heterocycles. The Kier molecular flexibility index (Phi) is 8.84. The monoisotopic (exact) mass is 421 g/mol. The van der Waals surface area contributed by atoms with Crippen molar-refractivity contribution >= 4 is 40.5 Å². The number of hydrazine groups is 1. The lowest BCUT2D eigenvalue weighted by Crippen LogP contribution is -2.43. The number of thiocarbonyl (C=S) groups is 1. The van der Waals surface area contributed by atoms with Crippen LogP contribution >= 0.6 is 23.8 Å². The summed E-state index contributed by atoms with van der Waals surface area (Å²) < 4.78 is 11.4. The van der Waals surface area contributed by atoms with Gasteiger partial charge in [-0.05, 0) is 67.5 Å². The van der Waals surface area contributed by atoms with Crippen LogP contribution in [0, 0.1) is 0 Å². The lowest BCUT2D eigenvalue weighted by atomic mass is 10.2. The fourth-order valence-electron chi connectivity index (χ4n) is 2.19. The van der Waals surface area contributed by atoms with Crippen LogP contribution in [0.4, 0.5) is 5.69 Å². The van der Waals surface area contributed by atoms with Gasteiger partial charge in [0.2, 0.25) is 0 Å². The van der Waals surface area contributed by atoms with E-state index >= 15 is 0 Å². The van der Waals surface area contributed by atoms with Crippen LogP contribution in [0.5, 0.6) is 11.5 Å². The van der Waals surface area contributed by atoms with Crippen LogP contribution in [0.1, 0.15) is 37.0 Å². The average molecular weight is 422 g/mol. The number of carbonyl (C=O) groups excluding carboxylic acids is 1. The van der Waals surface area contributed by atoms with Gasteiger partial charge in [-0.15, -0.1) is 0 Å². The summed E-state index contributed by atoms with van der Waals surface area (Å²) in [5.74, 6) is 0.827. The molecule has 0 saturated heterocycles. The number of carbonyl (C=O) groups is 1. The summed E-state index contributed by atoms with van der Waals surface area (Å²) in [6.45, 7) is 5.17. The predicted molar refractivity (Wildman–Crippen MR) is 116 cm³/mol. The second-order valence-electron chi connectivity index (χ2n) is 5.90. The smallest absolute Gasteiger partial charge is 0.269 e. The minimum Gasteiger partial charge on any atom is -0.490 e. The molecule has 2 rings (SSSR count). The number of hydrogen-bond acceptors (Lipinski definition) is 4. The topological polar surface area (TPSA) is 71.6 Å². The molecule has 2 aromatic carbocycles. The number of rotatable bonds is 8. The highest BCUT2D eigenvalue weighted by atomic mass is 35.5. The number of anilines is 1. The summed E-state index contributed by atoms with van der Waals surface area (Å²) in [4.78, 5) is 12.4. The Morgan fingerprint density at radius 2 is 1.61 bits per heavy atom. The normalized spacial score (nSPS) is 10.1. The summed E-state index contributed by atoms with van der Waals surface area (Å²) >= 11 is 11.0. The SMILES string of the molecule is CCCOc1ccc(C(=O)NNC(=S)Nc2ccc(Cl)cc2)cc1OCCC. The van der Waals surface area contributed by atoms with Crippen molar-refractivity contribution < 1.29 is 14.3 Å². The molecule has 8 heteroatoms. The van der Waals surface area contributed by atoms with Gasteiger partial charge in [-0.25, -0.2) is 0 Å². The Morgan fingerprint density at radius 3 is 2.25 bits per heavy atom. The van der Waals surface area contributed by atoms with E-state index in [4.69, 9.17) is 33.3 Å². The van der Waals surface area contributed by atoms with E-state index in [-0.39, 0.29) is 11.0 Å². The number of ether oxygens (including phenoxy) is 2. The van der Waals surface area contributed by atoms with Crippen molar-refractivity contribution in [3.05, 3.63) is 53.1 Å². The van der Waals surface area contributed by atoms with Crippen molar-refractivity contribution in [1.29, 1.82) is 0 Å². The fraction of sp³-hybridized carbons (Fsp3) is 0.300. The zero-order chi connectivity index (χ0) is 20.4. The van der Waals surface area contributed by atoms with Gasteiger partial charge in [-0.3, -0.25) is 15.6 Å². The molecule has 0 aliphatic rings. The van der Waals surface area contributed by atoms with E-state index < -0.39 is 0 Å². The first-order valence-corrected chi connectivity index (χ1v) is 9.84. The first kappa shape index (κ1) is 21.8. The van der Waals surface area contributed by atoms with Gasteiger partial charge in [0, 0.05) is 16.3 Å². The highest BCUT2D eigenvalue weighted by molar-refractivity contribution is 7.80. The molecule has 1 amide bonds. The molecule has 0 saturated carbocycles. The number of hydrogen-bond donors (Lipinski definition) is 3. The molecule has 0 radical (unpaired) electrons. The molecular formula is C20H24ClN3O3S. The summed E-state index contributed by atoms with van der Waals surface area (Å²) in [6, 6.07) is 12.1. The van der Waals surface area contributed by atoms with Crippen LogP contribution in [-0.2, 0) is 0 Å². The van der Waals surface area contributed by atoms with E-state index in [1.165, 1.54) is 0 Å². The first-order valence-electron chi connectivity index (χ1n) is 9.06. The third-order valence-corrected chi connectivity index (χ3v) is 3.98. The molecule has 2 aromatic rings. The van der Waals surface area contributed by atoms with Crippen molar-refractivity contribution in [2.24, 2.45) is 0 Å². The molecule has 3 N–H and O–H groups in total. The van der Waals surface area contributed by atoms with Gasteiger partial charge in [0.05, 0.1) is 13.2 Å². The minimum absolute atomic E-state index is 0.251. The zero-order valence-electron chi connectivity index (χ0n) is 15.9. The van der Waals surface area contributed by atoms with E-state index in [2.05, 4.69) is 16.2 Å². The average Bonchev–Trinajstić information content (AvgIpc) is 2.70. The molecule has 0 atom stereocenters. The lowest BCUT2D eigenvalue weighted by Gasteiger charge is -2.14. The van der Waals surface area contributed by atoms with Crippen LogP contribution in [-0.4, -0.2) is 24.2 Å². The summed E-state index contributed by atoms with van der Waals surface area (Å²) in [6.07, 6.45) is 1.74. The van der Waals surface area contributed by atoms with E-state index in [9.17, 15) is 4.79 Å². The van der Waals surface area contributed by atoms with Gasteiger partial charge in [-0.1, -0.05) is 25.4 Å². The van der Waals surface area contributed by atoms with Crippen LogP contribution in [0.3, 0.4) is 0 Å². The molecule has 6 nitrogen and oxygen atoms in total. The van der Waals surface area contributed by atoms with Gasteiger partial charge >= 0.3 is 0 Å². The summed E-state index contributed by atoms with van der Waals surface area (Å²) in [5, 5.41) is 3.83. The Hall–Kier alpha value is -2.51. The maximum atomic E-state index is 12.4. The van der Waals surface area contributed by atoms with Crippen molar-refractivity contribution in [2.45, 2.75) is 26.7 Å². The quantitative estimate of drug-likeness (QED) is 0.429. The fourth-order valence-corrected chi connectivity index (χ4v) is 2.48. The second kappa shape index (κ2) is 11.4. The number of benzene rings is 2. The molecule has 0 aliphatic carbocycles. The highest BCUT2D eigenvalue weighted by Crippen LogP contribution is 2.28. The van der Waals surface area contributed by atoms with E-state index in [1.54, 1.807) is 42.5 Å². The Labute approximate surface area is 175 Å². The first-order chi connectivity index (χ1) is 13.5. The zero-order valence-corrected chi connectivity index (χ0v) is 17.5. The molecule has 0 aromatic heterocycles. The maximum Gasteiger partial charge on any atom is 0.269 e. The number of halogens is 1. The van der Waals surface area contributed by atoms with Gasteiger partial charge < -0.3 is 14.8 Å². The predicted octanol–water partition coefficient (Wildman–Crippen LogP) is 4.55. The minimum atomic E-state index is -0.344. The standard InChI is InChI=1S/C20H24ClN3O3S/c1-3-11-26-17-10-5-14(13-18(17)27-12-4-2)19(25)23-24-20(28)22-16-8-6-15(21)7-9-16/h5-10,13H,3-4,11-12H2,1-2H3,(H,23,25)(H2,22,24,28). The number of nitrogens with one attached hydrogen (secondary N) is 3. The van der Waals surface area contributed by atoms with Crippen LogP contribution in [0.15, 0.2) is 42.5 Å². The van der Waals surface area contributed by atoms with Gasteiger partial charge in [0.25, 0.3) is 5.91 Å². The Balaban J connectivity index is 1.96. The molecule has 28 heavy (non-hydrogen) atoms. The van der Waals surface area contributed by atoms with Gasteiger partial charge in [0.15, 0.2) is 16.6 Å². The van der Waals surface area contributed by atoms with Crippen LogP contribution < -0.4 is 25.6 Å². The third kappa shape index (κ3) is 6.90. The number of amides is 1. The van der Waals surface area contributed by atoms with Crippen molar-refractivity contribution in [3.63, 3.8) is 0 Å². The van der Waals surface area contributed by atoms with Crippen molar-refractivity contribution in [3.8, 4) is 11.5 Å². The largest absolute Gasteiger partial charge is 0.490 e. The third-order valence-electron chi connectivity index (χ3n) is 3.52. The van der Waals surface area contributed by atoms with Gasteiger partial charge in [0.1, 0.15) is 0 Å². The Morgan fingerprint density at radius 1 is 0.964 bits per heavy atom. The molecule has 0 spiro atoms. The summed E-state index contributed by atoms with van der Waals surface area (Å²) in [7, 11) is 0. The van der Waals surface area contributed by atoms with Gasteiger partial charge in [-0.2, -0.15) is 0 Å². The van der Waals surface area contributed by atoms with E-state index in [1.807, 2.05) is 13.8 Å². The van der Waals surface area contributed by atoms with Crippen LogP contribution in [0.2, 0.25) is 5.02 Å². The Bertz CT molecular complexity index is 800. The summed E-state index contributed by atoms with van der Waals surface area (Å²) in [5.41, 5.74) is 6.41. The van der Waals surface area contributed by atoms with E-state index in [0.29, 0.717) is 35.3 Å². The maximum absolute atomic E-state index is 12.4. The van der Waals surface area contributed by atoms with Crippen molar-refractivity contribution in [2.75, 3.05) is 18.5 Å². The molecule has 0 unspecified atom stereocenters. The highest BCUT2D eigenvalue weighted by Gasteiger charge is 2.12. The van der Waals surface area contributed by atoms with Crippen LogP contribution in [0.25, 0.3) is 0 Å². The van der Waals surface area contributed by atoms with E-state index in [0.717, 1.165) is 18.5 Å². The second-order valence-corrected chi connectivity index (χ2v) is 6.74. The molecule has 0 bridgehead atoms. The molecular weight excluding hydrogens is 398 g/mol. The lowest BCUT2D eigenvalue weighted by molar-refractivity contribution is 0.0943. The molecule has 150 valence electrons. The van der Waals surface area contributed by atoms with Crippen molar-refractivity contribution in [1.82, 2.24) is 10.9 Å².